The third kappa shape index (κ3) is 3.45. The Kier molecular flexibility index (Phi) is 4.44. The molecule has 0 saturated heterocycles. The van der Waals surface area contributed by atoms with Crippen molar-refractivity contribution in [3.05, 3.63) is 98.8 Å². The molecule has 5 rings (SSSR count). The molecule has 0 unspecified atom stereocenters. The van der Waals surface area contributed by atoms with Gasteiger partial charge in [0.15, 0.2) is 0 Å². The van der Waals surface area contributed by atoms with E-state index in [0.717, 1.165) is 28.1 Å². The molecular weight excluding hydrogens is 382 g/mol. The maximum Gasteiger partial charge on any atom is 0.227 e. The summed E-state index contributed by atoms with van der Waals surface area (Å²) in [5.74, 6) is 0.163. The molecule has 0 N–H and O–H groups in total. The Balaban J connectivity index is 1.45. The standard InChI is InChI=1S/C24H20ClN3O/c1-15-8-17(6-7-26-15)24-22-10-20-14-28(13-16-2-4-21(25)5-3-16)23(29)11-18(20)9-19(22)12-27-24/h2-10H,11-14H2,1H3. The van der Waals surface area contributed by atoms with Crippen LogP contribution in [0, 0.1) is 6.92 Å². The molecule has 2 aromatic carbocycles. The summed E-state index contributed by atoms with van der Waals surface area (Å²) in [6.45, 7) is 3.87. The molecule has 0 bridgehead atoms. The number of nitrogens with zero attached hydrogens (tertiary/aromatic N) is 3. The van der Waals surface area contributed by atoms with Crippen LogP contribution in [-0.2, 0) is 30.8 Å². The number of rotatable bonds is 3. The highest BCUT2D eigenvalue weighted by atomic mass is 35.5. The second-order valence-electron chi connectivity index (χ2n) is 7.68. The summed E-state index contributed by atoms with van der Waals surface area (Å²) in [5.41, 5.74) is 8.90. The molecular formula is C24H20ClN3O. The van der Waals surface area contributed by atoms with E-state index in [9.17, 15) is 4.79 Å². The molecule has 1 amide bonds. The first-order valence-electron chi connectivity index (χ1n) is 9.71. The molecule has 1 aromatic heterocycles. The van der Waals surface area contributed by atoms with Gasteiger partial charge in [0.1, 0.15) is 0 Å². The first kappa shape index (κ1) is 18.1. The first-order valence-corrected chi connectivity index (χ1v) is 10.1. The fraction of sp³-hybridized carbons (Fsp3) is 0.208. The molecule has 0 fully saturated rings. The van der Waals surface area contributed by atoms with Crippen LogP contribution in [0.2, 0.25) is 5.02 Å². The summed E-state index contributed by atoms with van der Waals surface area (Å²) in [6.07, 6.45) is 2.27. The van der Waals surface area contributed by atoms with Gasteiger partial charge in [0.05, 0.1) is 18.7 Å². The number of aryl methyl sites for hydroxylation is 1. The van der Waals surface area contributed by atoms with Crippen molar-refractivity contribution >= 4 is 23.2 Å². The summed E-state index contributed by atoms with van der Waals surface area (Å²) in [5, 5.41) is 0.706. The lowest BCUT2D eigenvalue weighted by Gasteiger charge is -2.29. The molecule has 144 valence electrons. The van der Waals surface area contributed by atoms with Crippen LogP contribution in [0.4, 0.5) is 0 Å². The largest absolute Gasteiger partial charge is 0.334 e. The highest BCUT2D eigenvalue weighted by Crippen LogP contribution is 2.30. The van der Waals surface area contributed by atoms with Crippen LogP contribution in [0.25, 0.3) is 0 Å². The predicted molar refractivity (Wildman–Crippen MR) is 114 cm³/mol. The highest BCUT2D eigenvalue weighted by Gasteiger charge is 2.27. The zero-order valence-corrected chi connectivity index (χ0v) is 16.9. The van der Waals surface area contributed by atoms with Crippen molar-refractivity contribution < 1.29 is 4.79 Å². The zero-order chi connectivity index (χ0) is 20.0. The van der Waals surface area contributed by atoms with Crippen molar-refractivity contribution in [3.63, 3.8) is 0 Å². The second kappa shape index (κ2) is 7.12. The highest BCUT2D eigenvalue weighted by molar-refractivity contribution is 6.30. The lowest BCUT2D eigenvalue weighted by molar-refractivity contribution is -0.132. The van der Waals surface area contributed by atoms with Gasteiger partial charge in [-0.25, -0.2) is 0 Å². The maximum absolute atomic E-state index is 12.7. The van der Waals surface area contributed by atoms with Gasteiger partial charge >= 0.3 is 0 Å². The SMILES string of the molecule is Cc1cc(C2=NCc3cc4c(cc32)CN(Cc2ccc(Cl)cc2)C(=O)C4)ccn1. The smallest absolute Gasteiger partial charge is 0.227 e. The molecule has 0 radical (unpaired) electrons. The number of aromatic nitrogens is 1. The summed E-state index contributed by atoms with van der Waals surface area (Å²) < 4.78 is 0. The van der Waals surface area contributed by atoms with E-state index in [2.05, 4.69) is 23.2 Å². The number of pyridine rings is 1. The maximum atomic E-state index is 12.7. The lowest BCUT2D eigenvalue weighted by Crippen LogP contribution is -2.35. The van der Waals surface area contributed by atoms with Gasteiger partial charge in [-0.3, -0.25) is 14.8 Å². The summed E-state index contributed by atoms with van der Waals surface area (Å²) in [4.78, 5) is 23.7. The Labute approximate surface area is 174 Å². The summed E-state index contributed by atoms with van der Waals surface area (Å²) >= 11 is 5.98. The second-order valence-corrected chi connectivity index (χ2v) is 8.12. The van der Waals surface area contributed by atoms with Gasteiger partial charge in [0.2, 0.25) is 5.91 Å². The van der Waals surface area contributed by atoms with Gasteiger partial charge in [0.25, 0.3) is 0 Å². The number of carbonyl (C=O) groups excluding carboxylic acids is 1. The average Bonchev–Trinajstić information content (AvgIpc) is 3.11. The van der Waals surface area contributed by atoms with E-state index in [1.165, 1.54) is 16.7 Å². The van der Waals surface area contributed by atoms with E-state index in [1.54, 1.807) is 0 Å². The fourth-order valence-corrected chi connectivity index (χ4v) is 4.24. The topological polar surface area (TPSA) is 45.6 Å². The number of halogens is 1. The quantitative estimate of drug-likeness (QED) is 0.649. The van der Waals surface area contributed by atoms with Crippen LogP contribution >= 0.6 is 11.6 Å². The molecule has 29 heavy (non-hydrogen) atoms. The molecule has 0 atom stereocenters. The monoisotopic (exact) mass is 401 g/mol. The van der Waals surface area contributed by atoms with E-state index < -0.39 is 0 Å². The molecule has 4 nitrogen and oxygen atoms in total. The number of aliphatic imine (C=N–C) groups is 1. The van der Waals surface area contributed by atoms with Crippen LogP contribution in [0.15, 0.2) is 59.7 Å². The minimum Gasteiger partial charge on any atom is -0.334 e. The summed E-state index contributed by atoms with van der Waals surface area (Å²) in [7, 11) is 0. The van der Waals surface area contributed by atoms with Gasteiger partial charge < -0.3 is 4.90 Å². The third-order valence-electron chi connectivity index (χ3n) is 5.60. The van der Waals surface area contributed by atoms with E-state index in [0.29, 0.717) is 31.1 Å². The van der Waals surface area contributed by atoms with Crippen LogP contribution < -0.4 is 0 Å². The average molecular weight is 402 g/mol. The van der Waals surface area contributed by atoms with E-state index in [4.69, 9.17) is 16.6 Å². The minimum atomic E-state index is 0.163. The van der Waals surface area contributed by atoms with Crippen molar-refractivity contribution in [2.24, 2.45) is 4.99 Å². The van der Waals surface area contributed by atoms with Gasteiger partial charge in [-0.05, 0) is 59.5 Å². The van der Waals surface area contributed by atoms with E-state index in [1.807, 2.05) is 48.4 Å². The van der Waals surface area contributed by atoms with Crippen LogP contribution in [-0.4, -0.2) is 21.5 Å². The van der Waals surface area contributed by atoms with Crippen LogP contribution in [0.3, 0.4) is 0 Å². The van der Waals surface area contributed by atoms with Crippen molar-refractivity contribution in [1.82, 2.24) is 9.88 Å². The number of carbonyl (C=O) groups is 1. The first-order chi connectivity index (χ1) is 14.1. The van der Waals surface area contributed by atoms with E-state index >= 15 is 0 Å². The zero-order valence-electron chi connectivity index (χ0n) is 16.2. The Bertz CT molecular complexity index is 1150. The number of benzene rings is 2. The normalized spacial score (nSPS) is 15.2. The molecule has 0 saturated carbocycles. The van der Waals surface area contributed by atoms with Crippen molar-refractivity contribution in [2.45, 2.75) is 33.0 Å². The molecule has 2 aliphatic heterocycles. The number of amides is 1. The Hall–Kier alpha value is -2.98. The van der Waals surface area contributed by atoms with Gasteiger partial charge in [-0.15, -0.1) is 0 Å². The van der Waals surface area contributed by atoms with Gasteiger partial charge in [-0.2, -0.15) is 0 Å². The van der Waals surface area contributed by atoms with Crippen LogP contribution in [0.5, 0.6) is 0 Å². The number of hydrogen-bond acceptors (Lipinski definition) is 3. The number of fused-ring (bicyclic) bond motifs is 2. The number of hydrogen-bond donors (Lipinski definition) is 0. The molecule has 2 aliphatic rings. The fourth-order valence-electron chi connectivity index (χ4n) is 4.12. The van der Waals surface area contributed by atoms with Crippen molar-refractivity contribution in [1.29, 1.82) is 0 Å². The predicted octanol–water partition coefficient (Wildman–Crippen LogP) is 4.48. The van der Waals surface area contributed by atoms with Crippen molar-refractivity contribution in [2.75, 3.05) is 0 Å². The molecule has 0 aliphatic carbocycles. The van der Waals surface area contributed by atoms with Gasteiger partial charge in [-0.1, -0.05) is 29.8 Å². The summed E-state index contributed by atoms with van der Waals surface area (Å²) in [6, 6.07) is 16.2. The molecule has 3 heterocycles. The Morgan fingerprint density at radius 1 is 1.03 bits per heavy atom. The van der Waals surface area contributed by atoms with Crippen molar-refractivity contribution in [3.8, 4) is 0 Å². The van der Waals surface area contributed by atoms with Gasteiger partial charge in [0, 0.05) is 41.1 Å². The Morgan fingerprint density at radius 3 is 2.66 bits per heavy atom. The third-order valence-corrected chi connectivity index (χ3v) is 5.85. The Morgan fingerprint density at radius 2 is 1.86 bits per heavy atom. The van der Waals surface area contributed by atoms with Crippen LogP contribution in [0.1, 0.15) is 39.1 Å². The van der Waals surface area contributed by atoms with E-state index in [-0.39, 0.29) is 5.91 Å². The minimum absolute atomic E-state index is 0.163. The molecule has 5 heteroatoms. The molecule has 3 aromatic rings. The lowest BCUT2D eigenvalue weighted by atomic mass is 9.91. The molecule has 0 spiro atoms.